The summed E-state index contributed by atoms with van der Waals surface area (Å²) in [6, 6.07) is 7.04. The van der Waals surface area contributed by atoms with Crippen molar-refractivity contribution in [2.75, 3.05) is 63.3 Å². The number of likely N-dealkylation sites (tertiary alicyclic amines) is 1. The van der Waals surface area contributed by atoms with E-state index in [2.05, 4.69) is 20.1 Å². The minimum absolute atomic E-state index is 0.0612. The number of rotatable bonds is 5. The molecule has 2 saturated heterocycles. The number of hydrogen-bond donors (Lipinski definition) is 1. The highest BCUT2D eigenvalue weighted by molar-refractivity contribution is 5.89. The van der Waals surface area contributed by atoms with Crippen molar-refractivity contribution in [2.45, 2.75) is 25.1 Å². The van der Waals surface area contributed by atoms with Crippen LogP contribution in [0.1, 0.15) is 18.9 Å². The predicted molar refractivity (Wildman–Crippen MR) is 131 cm³/mol. The Bertz CT molecular complexity index is 1230. The van der Waals surface area contributed by atoms with E-state index in [4.69, 9.17) is 14.7 Å². The van der Waals surface area contributed by atoms with Crippen molar-refractivity contribution in [3.63, 3.8) is 0 Å². The molecule has 10 nitrogen and oxygen atoms in total. The molecule has 3 aromatic rings. The Kier molecular flexibility index (Phi) is 7.15. The topological polar surface area (TPSA) is 97.6 Å². The van der Waals surface area contributed by atoms with Crippen LogP contribution in [0.15, 0.2) is 30.5 Å². The number of anilines is 2. The molecular formula is C24H28F3N7O3. The van der Waals surface area contributed by atoms with Crippen molar-refractivity contribution in [1.29, 1.82) is 0 Å². The first kappa shape index (κ1) is 25.2. The zero-order chi connectivity index (χ0) is 26.0. The molecule has 2 aliphatic rings. The van der Waals surface area contributed by atoms with Crippen LogP contribution < -0.4 is 10.2 Å². The largest absolute Gasteiger partial charge is 0.453 e. The second-order valence-electron chi connectivity index (χ2n) is 9.11. The van der Waals surface area contributed by atoms with E-state index >= 15 is 0 Å². The first-order valence-electron chi connectivity index (χ1n) is 12.1. The van der Waals surface area contributed by atoms with E-state index in [0.29, 0.717) is 69.4 Å². The van der Waals surface area contributed by atoms with Gasteiger partial charge in [-0.2, -0.15) is 18.3 Å². The molecule has 198 valence electrons. The molecule has 0 unspecified atom stereocenters. The average molecular weight is 520 g/mol. The molecule has 0 spiro atoms. The van der Waals surface area contributed by atoms with Crippen molar-refractivity contribution < 1.29 is 27.4 Å². The monoisotopic (exact) mass is 519 g/mol. The van der Waals surface area contributed by atoms with Gasteiger partial charge in [0.1, 0.15) is 5.82 Å². The molecule has 0 aliphatic carbocycles. The second-order valence-corrected chi connectivity index (χ2v) is 9.11. The van der Waals surface area contributed by atoms with E-state index in [0.717, 1.165) is 16.8 Å². The summed E-state index contributed by atoms with van der Waals surface area (Å²) in [7, 11) is 1.29. The summed E-state index contributed by atoms with van der Waals surface area (Å²) in [6.45, 7) is 2.31. The van der Waals surface area contributed by atoms with Crippen LogP contribution in [-0.2, 0) is 9.47 Å². The van der Waals surface area contributed by atoms with Crippen molar-refractivity contribution in [2.24, 2.45) is 0 Å². The Hall–Kier alpha value is -3.45. The average Bonchev–Trinajstić information content (AvgIpc) is 3.32. The quantitative estimate of drug-likeness (QED) is 0.545. The number of ether oxygens (including phenoxy) is 2. The molecule has 0 saturated carbocycles. The Morgan fingerprint density at radius 3 is 2.46 bits per heavy atom. The fourth-order valence-corrected chi connectivity index (χ4v) is 4.77. The van der Waals surface area contributed by atoms with Gasteiger partial charge < -0.3 is 14.4 Å². The second kappa shape index (κ2) is 10.5. The summed E-state index contributed by atoms with van der Waals surface area (Å²) >= 11 is 0. The lowest BCUT2D eigenvalue weighted by Gasteiger charge is -2.32. The zero-order valence-corrected chi connectivity index (χ0v) is 20.4. The maximum atomic E-state index is 12.8. The molecule has 0 radical (unpaired) electrons. The molecule has 0 atom stereocenters. The van der Waals surface area contributed by atoms with E-state index in [9.17, 15) is 18.0 Å². The summed E-state index contributed by atoms with van der Waals surface area (Å²) in [6.07, 6.45) is -1.93. The molecule has 13 heteroatoms. The Balaban J connectivity index is 1.47. The number of carbonyl (C=O) groups is 1. The first-order chi connectivity index (χ1) is 17.8. The Morgan fingerprint density at radius 1 is 1.11 bits per heavy atom. The summed E-state index contributed by atoms with van der Waals surface area (Å²) in [5.41, 5.74) is 1.97. The Labute approximate surface area is 211 Å². The lowest BCUT2D eigenvalue weighted by molar-refractivity contribution is -0.148. The van der Waals surface area contributed by atoms with Crippen molar-refractivity contribution >= 4 is 28.6 Å². The Morgan fingerprint density at radius 2 is 1.81 bits per heavy atom. The maximum absolute atomic E-state index is 12.8. The maximum Gasteiger partial charge on any atom is 0.411 e. The smallest absolute Gasteiger partial charge is 0.411 e. The number of halogens is 3. The minimum atomic E-state index is -4.21. The van der Waals surface area contributed by atoms with Crippen LogP contribution in [0.5, 0.6) is 0 Å². The van der Waals surface area contributed by atoms with Crippen LogP contribution >= 0.6 is 0 Å². The standard InChI is InChI=1S/C24H28F3N7O3/c1-36-23(35)29-17-4-2-16(3-5-17)20-30-21(33-10-12-37-13-11-33)19-14-28-34(22(19)31-20)18-6-8-32(9-7-18)15-24(25,26)27/h2-5,14,18H,6-13,15H2,1H3,(H,29,35). The number of methoxy groups -OCH3 is 1. The van der Waals surface area contributed by atoms with Gasteiger partial charge in [0, 0.05) is 37.4 Å². The lowest BCUT2D eigenvalue weighted by Crippen LogP contribution is -2.40. The van der Waals surface area contributed by atoms with Crippen molar-refractivity contribution in [3.8, 4) is 11.4 Å². The van der Waals surface area contributed by atoms with Gasteiger partial charge in [0.25, 0.3) is 0 Å². The fourth-order valence-electron chi connectivity index (χ4n) is 4.77. The number of aromatic nitrogens is 4. The number of amides is 1. The summed E-state index contributed by atoms with van der Waals surface area (Å²) in [5, 5.41) is 8.03. The van der Waals surface area contributed by atoms with E-state index in [1.54, 1.807) is 18.3 Å². The molecule has 1 amide bonds. The molecular weight excluding hydrogens is 491 g/mol. The SMILES string of the molecule is COC(=O)Nc1ccc(-c2nc(N3CCOCC3)c3cnn(C4CCN(CC(F)(F)F)CC4)c3n2)cc1. The van der Waals surface area contributed by atoms with Crippen molar-refractivity contribution in [1.82, 2.24) is 24.6 Å². The number of fused-ring (bicyclic) bond motifs is 1. The lowest BCUT2D eigenvalue weighted by atomic mass is 10.1. The molecule has 5 rings (SSSR count). The molecule has 1 N–H and O–H groups in total. The third-order valence-corrected chi connectivity index (χ3v) is 6.63. The van der Waals surface area contributed by atoms with Crippen LogP contribution in [0.3, 0.4) is 0 Å². The summed E-state index contributed by atoms with van der Waals surface area (Å²) in [5.74, 6) is 1.25. The van der Waals surface area contributed by atoms with Gasteiger partial charge >= 0.3 is 12.3 Å². The number of nitrogens with one attached hydrogen (secondary N) is 1. The molecule has 2 aliphatic heterocycles. The molecule has 2 aromatic heterocycles. The van der Waals surface area contributed by atoms with Gasteiger partial charge in [-0.3, -0.25) is 10.2 Å². The van der Waals surface area contributed by atoms with Crippen LogP contribution in [0.4, 0.5) is 29.5 Å². The third kappa shape index (κ3) is 5.77. The zero-order valence-electron chi connectivity index (χ0n) is 20.4. The molecule has 2 fully saturated rings. The molecule has 4 heterocycles. The molecule has 37 heavy (non-hydrogen) atoms. The predicted octanol–water partition coefficient (Wildman–Crippen LogP) is 3.71. The third-order valence-electron chi connectivity index (χ3n) is 6.63. The van der Waals surface area contributed by atoms with Crippen molar-refractivity contribution in [3.05, 3.63) is 30.5 Å². The van der Waals surface area contributed by atoms with E-state index in [1.165, 1.54) is 12.0 Å². The number of alkyl halides is 3. The minimum Gasteiger partial charge on any atom is -0.453 e. The van der Waals surface area contributed by atoms with Gasteiger partial charge in [0.05, 0.1) is 44.5 Å². The molecule has 1 aromatic carbocycles. The van der Waals surface area contributed by atoms with Crippen LogP contribution in [0.2, 0.25) is 0 Å². The molecule has 0 bridgehead atoms. The summed E-state index contributed by atoms with van der Waals surface area (Å²) < 4.78 is 50.5. The van der Waals surface area contributed by atoms with Crippen LogP contribution in [0, 0.1) is 0 Å². The highest BCUT2D eigenvalue weighted by Gasteiger charge is 2.33. The van der Waals surface area contributed by atoms with E-state index in [-0.39, 0.29) is 6.04 Å². The fraction of sp³-hybridized carbons (Fsp3) is 0.500. The number of carbonyl (C=O) groups excluding carboxylic acids is 1. The van der Waals surface area contributed by atoms with E-state index < -0.39 is 18.8 Å². The van der Waals surface area contributed by atoms with Gasteiger partial charge in [-0.05, 0) is 37.1 Å². The van der Waals surface area contributed by atoms with Gasteiger partial charge in [0.15, 0.2) is 11.5 Å². The van der Waals surface area contributed by atoms with Gasteiger partial charge in [-0.25, -0.2) is 19.4 Å². The van der Waals surface area contributed by atoms with Crippen LogP contribution in [-0.4, -0.2) is 90.0 Å². The van der Waals surface area contributed by atoms with Gasteiger partial charge in [0.2, 0.25) is 0 Å². The summed E-state index contributed by atoms with van der Waals surface area (Å²) in [4.78, 5) is 24.8. The number of benzene rings is 1. The first-order valence-corrected chi connectivity index (χ1v) is 12.1. The number of piperidine rings is 1. The van der Waals surface area contributed by atoms with Gasteiger partial charge in [-0.1, -0.05) is 0 Å². The normalized spacial score (nSPS) is 17.8. The van der Waals surface area contributed by atoms with Crippen LogP contribution in [0.25, 0.3) is 22.4 Å². The number of hydrogen-bond acceptors (Lipinski definition) is 8. The number of morpholine rings is 1. The highest BCUT2D eigenvalue weighted by atomic mass is 19.4. The van der Waals surface area contributed by atoms with Gasteiger partial charge in [-0.15, -0.1) is 0 Å². The highest BCUT2D eigenvalue weighted by Crippen LogP contribution is 2.33. The number of nitrogens with zero attached hydrogens (tertiary/aromatic N) is 6. The van der Waals surface area contributed by atoms with E-state index in [1.807, 2.05) is 16.8 Å².